The van der Waals surface area contributed by atoms with Crippen LogP contribution in [0.15, 0.2) is 29.6 Å². The third kappa shape index (κ3) is 2.47. The van der Waals surface area contributed by atoms with E-state index < -0.39 is 6.10 Å². The number of nitrogen functional groups attached to an aromatic ring is 1. The molecule has 2 N–H and O–H groups in total. The maximum absolute atomic E-state index is 12.3. The van der Waals surface area contributed by atoms with Crippen LogP contribution in [0.1, 0.15) is 16.6 Å². The first-order valence-electron chi connectivity index (χ1n) is 6.37. The lowest BCUT2D eigenvalue weighted by Gasteiger charge is -2.31. The topological polar surface area (TPSA) is 85.5 Å². The van der Waals surface area contributed by atoms with Gasteiger partial charge in [-0.05, 0) is 30.5 Å². The van der Waals surface area contributed by atoms with E-state index in [1.165, 1.54) is 16.2 Å². The third-order valence-corrected chi connectivity index (χ3v) is 4.04. The number of nitrogens with two attached hydrogens (primary N) is 1. The van der Waals surface area contributed by atoms with E-state index in [1.807, 2.05) is 5.38 Å². The number of ether oxygens (including phenoxy) is 1. The molecule has 1 atom stereocenters. The zero-order valence-electron chi connectivity index (χ0n) is 11.3. The Labute approximate surface area is 125 Å². The molecule has 0 bridgehead atoms. The van der Waals surface area contributed by atoms with Crippen molar-refractivity contribution in [3.63, 3.8) is 0 Å². The summed E-state index contributed by atoms with van der Waals surface area (Å²) < 4.78 is 5.48. The second-order valence-corrected chi connectivity index (χ2v) is 5.59. The number of ketones is 1. The summed E-state index contributed by atoms with van der Waals surface area (Å²) in [6.07, 6.45) is -0.654. The van der Waals surface area contributed by atoms with Gasteiger partial charge in [0.25, 0.3) is 5.91 Å². The molecule has 0 fully saturated rings. The maximum Gasteiger partial charge on any atom is 0.269 e. The normalized spacial score (nSPS) is 17.3. The van der Waals surface area contributed by atoms with E-state index in [9.17, 15) is 9.59 Å². The Bertz CT molecular complexity index is 699. The molecule has 0 saturated heterocycles. The van der Waals surface area contributed by atoms with Gasteiger partial charge in [-0.15, -0.1) is 11.3 Å². The standard InChI is InChI=1S/C14H13N3O3S/c1-8-14(19)17(7-9(18)11-3-2-6-21-11)13-10(20-8)4-5-12(15)16-13/h2-6,8H,7H2,1H3,(H2,15,16). The molecule has 0 aromatic carbocycles. The summed E-state index contributed by atoms with van der Waals surface area (Å²) >= 11 is 1.34. The van der Waals surface area contributed by atoms with E-state index >= 15 is 0 Å². The molecule has 3 rings (SSSR count). The first-order chi connectivity index (χ1) is 10.1. The number of carbonyl (C=O) groups is 2. The largest absolute Gasteiger partial charge is 0.477 e. The lowest BCUT2D eigenvalue weighted by atomic mass is 10.2. The Morgan fingerprint density at radius 2 is 2.29 bits per heavy atom. The summed E-state index contributed by atoms with van der Waals surface area (Å²) in [5.41, 5.74) is 5.66. The molecule has 1 unspecified atom stereocenters. The molecule has 6 nitrogen and oxygen atoms in total. The second kappa shape index (κ2) is 5.17. The number of anilines is 2. The fourth-order valence-electron chi connectivity index (χ4n) is 2.11. The highest BCUT2D eigenvalue weighted by Gasteiger charge is 2.34. The minimum Gasteiger partial charge on any atom is -0.477 e. The zero-order chi connectivity index (χ0) is 15.0. The molecule has 1 aliphatic rings. The van der Waals surface area contributed by atoms with Gasteiger partial charge in [-0.1, -0.05) is 6.07 Å². The molecule has 7 heteroatoms. The Hall–Kier alpha value is -2.41. The Morgan fingerprint density at radius 3 is 3.00 bits per heavy atom. The fraction of sp³-hybridized carbons (Fsp3) is 0.214. The number of carbonyl (C=O) groups excluding carboxylic acids is 2. The van der Waals surface area contributed by atoms with Crippen molar-refractivity contribution >= 4 is 34.7 Å². The number of pyridine rings is 1. The average Bonchev–Trinajstić information content (AvgIpc) is 2.99. The summed E-state index contributed by atoms with van der Waals surface area (Å²) in [4.78, 5) is 30.6. The van der Waals surface area contributed by atoms with Gasteiger partial charge >= 0.3 is 0 Å². The molecule has 0 aliphatic carbocycles. The number of nitrogens with zero attached hydrogens (tertiary/aromatic N) is 2. The van der Waals surface area contributed by atoms with E-state index in [1.54, 1.807) is 31.2 Å². The minimum atomic E-state index is -0.654. The summed E-state index contributed by atoms with van der Waals surface area (Å²) in [5, 5.41) is 1.82. The molecule has 0 radical (unpaired) electrons. The number of Topliss-reactive ketones (excluding diaryl/α,β-unsaturated/α-hetero) is 1. The van der Waals surface area contributed by atoms with Crippen LogP contribution in [0, 0.1) is 0 Å². The number of thiophene rings is 1. The van der Waals surface area contributed by atoms with Crippen molar-refractivity contribution in [2.45, 2.75) is 13.0 Å². The van der Waals surface area contributed by atoms with E-state index in [0.29, 0.717) is 16.4 Å². The predicted octanol–water partition coefficient (Wildman–Crippen LogP) is 1.72. The van der Waals surface area contributed by atoms with Crippen LogP contribution in [-0.2, 0) is 4.79 Å². The number of aromatic nitrogens is 1. The Balaban J connectivity index is 1.95. The number of hydrogen-bond acceptors (Lipinski definition) is 6. The molecule has 3 heterocycles. The molecular weight excluding hydrogens is 290 g/mol. The highest BCUT2D eigenvalue weighted by molar-refractivity contribution is 7.12. The zero-order valence-corrected chi connectivity index (χ0v) is 12.1. The lowest BCUT2D eigenvalue weighted by molar-refractivity contribution is -0.125. The molecular formula is C14H13N3O3S. The molecule has 0 saturated carbocycles. The van der Waals surface area contributed by atoms with Crippen molar-refractivity contribution in [3.8, 4) is 5.75 Å². The van der Waals surface area contributed by atoms with Gasteiger partial charge in [0, 0.05) is 0 Å². The van der Waals surface area contributed by atoms with Crippen LogP contribution in [0.5, 0.6) is 5.75 Å². The average molecular weight is 303 g/mol. The lowest BCUT2D eigenvalue weighted by Crippen LogP contribution is -2.47. The van der Waals surface area contributed by atoms with Crippen LogP contribution in [0.4, 0.5) is 11.6 Å². The van der Waals surface area contributed by atoms with E-state index in [4.69, 9.17) is 10.5 Å². The molecule has 21 heavy (non-hydrogen) atoms. The highest BCUT2D eigenvalue weighted by Crippen LogP contribution is 2.33. The van der Waals surface area contributed by atoms with Crippen LogP contribution in [0.2, 0.25) is 0 Å². The predicted molar refractivity (Wildman–Crippen MR) is 79.7 cm³/mol. The molecule has 1 amide bonds. The summed E-state index contributed by atoms with van der Waals surface area (Å²) in [5.74, 6) is 0.583. The van der Waals surface area contributed by atoms with Crippen LogP contribution >= 0.6 is 11.3 Å². The maximum atomic E-state index is 12.3. The highest BCUT2D eigenvalue weighted by atomic mass is 32.1. The number of fused-ring (bicyclic) bond motifs is 1. The number of hydrogen-bond donors (Lipinski definition) is 1. The quantitative estimate of drug-likeness (QED) is 0.873. The fourth-order valence-corrected chi connectivity index (χ4v) is 2.77. The molecule has 2 aromatic heterocycles. The third-order valence-electron chi connectivity index (χ3n) is 3.13. The van der Waals surface area contributed by atoms with Gasteiger partial charge in [0.1, 0.15) is 5.82 Å². The molecule has 2 aromatic rings. The van der Waals surface area contributed by atoms with Gasteiger partial charge in [0.15, 0.2) is 23.5 Å². The first kappa shape index (κ1) is 13.6. The van der Waals surface area contributed by atoms with Gasteiger partial charge in [0.05, 0.1) is 11.4 Å². The van der Waals surface area contributed by atoms with Crippen LogP contribution in [0.25, 0.3) is 0 Å². The smallest absolute Gasteiger partial charge is 0.269 e. The number of rotatable bonds is 3. The van der Waals surface area contributed by atoms with E-state index in [2.05, 4.69) is 4.98 Å². The van der Waals surface area contributed by atoms with Gasteiger partial charge < -0.3 is 10.5 Å². The Morgan fingerprint density at radius 1 is 1.48 bits per heavy atom. The SMILES string of the molecule is CC1Oc2ccc(N)nc2N(CC(=O)c2cccs2)C1=O. The summed E-state index contributed by atoms with van der Waals surface area (Å²) in [7, 11) is 0. The van der Waals surface area contributed by atoms with Gasteiger partial charge in [-0.2, -0.15) is 0 Å². The van der Waals surface area contributed by atoms with Crippen molar-refractivity contribution in [3.05, 3.63) is 34.5 Å². The van der Waals surface area contributed by atoms with E-state index in [0.717, 1.165) is 0 Å². The minimum absolute atomic E-state index is 0.0729. The van der Waals surface area contributed by atoms with Gasteiger partial charge in [-0.3, -0.25) is 14.5 Å². The van der Waals surface area contributed by atoms with Crippen molar-refractivity contribution in [2.75, 3.05) is 17.2 Å². The second-order valence-electron chi connectivity index (χ2n) is 4.64. The van der Waals surface area contributed by atoms with E-state index in [-0.39, 0.29) is 24.1 Å². The monoisotopic (exact) mass is 303 g/mol. The van der Waals surface area contributed by atoms with Crippen LogP contribution in [0.3, 0.4) is 0 Å². The molecule has 1 aliphatic heterocycles. The van der Waals surface area contributed by atoms with Crippen LogP contribution < -0.4 is 15.4 Å². The van der Waals surface area contributed by atoms with Crippen molar-refractivity contribution in [1.82, 2.24) is 4.98 Å². The summed E-state index contributed by atoms with van der Waals surface area (Å²) in [6, 6.07) is 6.78. The number of amides is 1. The van der Waals surface area contributed by atoms with Gasteiger partial charge in [0.2, 0.25) is 0 Å². The van der Waals surface area contributed by atoms with Crippen molar-refractivity contribution < 1.29 is 14.3 Å². The first-order valence-corrected chi connectivity index (χ1v) is 7.25. The van der Waals surface area contributed by atoms with Crippen LogP contribution in [-0.4, -0.2) is 29.3 Å². The summed E-state index contributed by atoms with van der Waals surface area (Å²) in [6.45, 7) is 1.57. The van der Waals surface area contributed by atoms with Gasteiger partial charge in [-0.25, -0.2) is 4.98 Å². The molecule has 0 spiro atoms. The molecule has 108 valence electrons. The van der Waals surface area contributed by atoms with Crippen molar-refractivity contribution in [1.29, 1.82) is 0 Å². The van der Waals surface area contributed by atoms with Crippen molar-refractivity contribution in [2.24, 2.45) is 0 Å². The Kier molecular flexibility index (Phi) is 3.34.